The summed E-state index contributed by atoms with van der Waals surface area (Å²) < 4.78 is 154. The number of fused-ring (bicyclic) bond motifs is 6. The van der Waals surface area contributed by atoms with Crippen LogP contribution in [0.2, 0.25) is 0 Å². The molecule has 0 bridgehead atoms. The maximum atomic E-state index is 12.8. The molecule has 0 saturated carbocycles. The molecular formula is C67H83N4O24S6+. The average Bonchev–Trinajstić information content (AvgIpc) is 1.59. The van der Waals surface area contributed by atoms with E-state index in [0.717, 1.165) is 89.5 Å². The summed E-state index contributed by atoms with van der Waals surface area (Å²) in [6.45, 7) is 24.5. The van der Waals surface area contributed by atoms with Crippen LogP contribution in [0.15, 0.2) is 83.9 Å². The molecule has 34 heteroatoms. The van der Waals surface area contributed by atoms with Gasteiger partial charge in [0, 0.05) is 68.2 Å². The highest BCUT2D eigenvalue weighted by Crippen LogP contribution is 2.47. The minimum atomic E-state index is -3.11. The highest BCUT2D eigenvalue weighted by atomic mass is 32.2. The molecule has 1 fully saturated rings. The van der Waals surface area contributed by atoms with E-state index < -0.39 is 69.1 Å². The molecule has 0 unspecified atom stereocenters. The molecule has 1 N–H and O–H groups in total. The molecular weight excluding hydrogens is 1440 g/mol. The van der Waals surface area contributed by atoms with Crippen molar-refractivity contribution in [3.63, 3.8) is 0 Å². The van der Waals surface area contributed by atoms with E-state index in [0.29, 0.717) is 67.9 Å². The fourth-order valence-electron chi connectivity index (χ4n) is 11.0. The Bertz CT molecular complexity index is 4580. The lowest BCUT2D eigenvalue weighted by atomic mass is 9.79. The van der Waals surface area contributed by atoms with E-state index in [1.165, 1.54) is 38.9 Å². The Balaban J connectivity index is 0.000000742. The van der Waals surface area contributed by atoms with Gasteiger partial charge < -0.3 is 5.11 Å². The van der Waals surface area contributed by atoms with Crippen molar-refractivity contribution >= 4 is 137 Å². The lowest BCUT2D eigenvalue weighted by Crippen LogP contribution is -2.26. The molecule has 2 aromatic heterocycles. The standard InChI is InChI=1S/C35H42N2O4.C28H30N2O2.C3H6O3S.CH4.5O3S/c1-7-12-31(38)28-20-25(21-29(36-28)32(39)13-8-2)24-15-16-26-27(19-24)22(3)18-30-34(26)35(5,6)23(4)37(30)17-11-9-10-14-33(40)41;1-6-8-25(31)23-15-20(16-24(30-23)26(32)9-7-2)18-10-12-21-19(14-18)11-13-22-27(21)28(4,5)17(3)29-22;4-7(5)3-1-2-6-7;;5*1-4(2)3/h15-16,18-21H,7-14,17H2,1-6H3;10-16H,6-9H2,1-5H3;1-3H2;1H4;;;;;/p+1. The number of ketones is 4. The zero-order chi connectivity index (χ0) is 76.2. The summed E-state index contributed by atoms with van der Waals surface area (Å²) in [5.41, 5.74) is 13.3. The van der Waals surface area contributed by atoms with Crippen LogP contribution in [0.3, 0.4) is 0 Å². The number of benzene rings is 4. The van der Waals surface area contributed by atoms with Crippen LogP contribution in [-0.2, 0) is 83.0 Å². The monoisotopic (exact) mass is 1520 g/mol. The van der Waals surface area contributed by atoms with E-state index in [1.807, 2.05) is 52.0 Å². The summed E-state index contributed by atoms with van der Waals surface area (Å²) in [5, 5.41) is 13.6. The average molecular weight is 1520 g/mol. The second kappa shape index (κ2) is 42.5. The van der Waals surface area contributed by atoms with Gasteiger partial charge in [-0.1, -0.05) is 79.3 Å². The third-order valence-electron chi connectivity index (χ3n) is 15.8. The molecule has 3 aliphatic heterocycles. The van der Waals surface area contributed by atoms with Gasteiger partial charge >= 0.3 is 59.0 Å². The number of Topliss-reactive ketones (excluding diaryl/α,β-unsaturated/α-hetero) is 4. The van der Waals surface area contributed by atoms with Crippen molar-refractivity contribution in [3.8, 4) is 22.3 Å². The molecule has 550 valence electrons. The Hall–Kier alpha value is -8.80. The first-order valence-electron chi connectivity index (χ1n) is 31.0. The highest BCUT2D eigenvalue weighted by molar-refractivity contribution is 7.86. The Morgan fingerprint density at radius 3 is 1.27 bits per heavy atom. The van der Waals surface area contributed by atoms with Crippen LogP contribution in [0.4, 0.5) is 11.4 Å². The number of aliphatic carboxylic acids is 1. The number of carbonyl (C=O) groups is 5. The van der Waals surface area contributed by atoms with E-state index in [2.05, 4.69) is 122 Å². The molecule has 0 spiro atoms. The van der Waals surface area contributed by atoms with Gasteiger partial charge in [0.2, 0.25) is 5.69 Å². The molecule has 3 aliphatic rings. The van der Waals surface area contributed by atoms with Crippen molar-refractivity contribution in [2.75, 3.05) is 18.9 Å². The van der Waals surface area contributed by atoms with Gasteiger partial charge in [0.15, 0.2) is 28.8 Å². The molecule has 0 atom stereocenters. The predicted molar refractivity (Wildman–Crippen MR) is 376 cm³/mol. The van der Waals surface area contributed by atoms with Gasteiger partial charge in [0.25, 0.3) is 10.1 Å². The maximum Gasteiger partial charge on any atom is 0.425 e. The number of unbranched alkanes of at least 4 members (excludes halogenated alkanes) is 2. The number of hydrogen-bond donors (Lipinski definition) is 1. The first-order valence-corrected chi connectivity index (χ1v) is 37.6. The van der Waals surface area contributed by atoms with E-state index in [1.54, 1.807) is 0 Å². The first-order chi connectivity index (χ1) is 46.6. The zero-order valence-electron chi connectivity index (χ0n) is 56.9. The number of aliphatic imine (C=N–C) groups is 1. The Labute approximate surface area is 594 Å². The fraction of sp³-hybridized carbons (Fsp3) is 0.448. The van der Waals surface area contributed by atoms with Crippen LogP contribution in [0.1, 0.15) is 219 Å². The van der Waals surface area contributed by atoms with E-state index in [9.17, 15) is 32.4 Å². The van der Waals surface area contributed by atoms with Crippen molar-refractivity contribution < 1.29 is 109 Å². The molecule has 9 rings (SSSR count). The molecule has 6 aromatic rings. The van der Waals surface area contributed by atoms with E-state index in [-0.39, 0.29) is 53.6 Å². The molecule has 4 aromatic carbocycles. The van der Waals surface area contributed by atoms with Gasteiger partial charge in [-0.3, -0.25) is 33.1 Å². The molecule has 0 amide bonds. The van der Waals surface area contributed by atoms with E-state index in [4.69, 9.17) is 73.2 Å². The molecule has 0 radical (unpaired) electrons. The van der Waals surface area contributed by atoms with Crippen molar-refractivity contribution in [1.82, 2.24) is 9.97 Å². The maximum absolute atomic E-state index is 12.8. The van der Waals surface area contributed by atoms with Crippen molar-refractivity contribution in [2.24, 2.45) is 4.99 Å². The number of nitrogens with zero attached hydrogens (tertiary/aromatic N) is 4. The Kier molecular flexibility index (Phi) is 37.9. The quantitative estimate of drug-likeness (QED) is 0.0321. The normalized spacial score (nSPS) is 13.4. The van der Waals surface area contributed by atoms with Crippen LogP contribution < -0.4 is 0 Å². The SMILES string of the molecule is C.CCCC(=O)c1cc(-c2ccc3c4c(cc(C)c3c2)[N+](CCCCCC(=O)O)=C(C)C4(C)C)cc(C(=O)CCC)n1.CCCC(=O)c1cc(-c2ccc3c4c(ccc3c2)N=C(C)C4(C)C)cc(C(=O)CCC)n1.O=S(=O)=O.O=S(=O)=O.O=S(=O)=O.O=S(=O)=O.O=S(=O)=O.O=S1(=O)CCCO1. The number of aromatic nitrogens is 2. The number of hydrogen-bond acceptors (Lipinski definition) is 26. The van der Waals surface area contributed by atoms with Gasteiger partial charge in [-0.25, -0.2) is 9.97 Å². The predicted octanol–water partition coefficient (Wildman–Crippen LogP) is 10.8. The Morgan fingerprint density at radius 2 is 0.901 bits per heavy atom. The summed E-state index contributed by atoms with van der Waals surface area (Å²) in [7, 11) is -18.6. The smallest absolute Gasteiger partial charge is 0.425 e. The lowest BCUT2D eigenvalue weighted by Gasteiger charge is -2.22. The van der Waals surface area contributed by atoms with Crippen LogP contribution in [0.5, 0.6) is 0 Å². The number of carboxylic acids is 1. The number of pyridine rings is 2. The summed E-state index contributed by atoms with van der Waals surface area (Å²) in [6, 6.07) is 26.6. The Morgan fingerprint density at radius 1 is 0.495 bits per heavy atom. The summed E-state index contributed by atoms with van der Waals surface area (Å²) in [4.78, 5) is 75.4. The lowest BCUT2D eigenvalue weighted by molar-refractivity contribution is -0.439. The molecule has 101 heavy (non-hydrogen) atoms. The van der Waals surface area contributed by atoms with Gasteiger partial charge in [0.1, 0.15) is 29.3 Å². The molecule has 28 nitrogen and oxygen atoms in total. The van der Waals surface area contributed by atoms with Crippen LogP contribution in [0.25, 0.3) is 43.8 Å². The molecule has 5 heterocycles. The third-order valence-corrected chi connectivity index (χ3v) is 17.1. The van der Waals surface area contributed by atoms with Crippen LogP contribution in [0, 0.1) is 6.92 Å². The number of carbonyl (C=O) groups excluding carboxylic acids is 4. The van der Waals surface area contributed by atoms with Crippen LogP contribution in [-0.4, -0.2) is 151 Å². The van der Waals surface area contributed by atoms with Gasteiger partial charge in [-0.2, -0.15) is 13.0 Å². The first kappa shape index (κ1) is 90.2. The second-order valence-electron chi connectivity index (χ2n) is 23.5. The third kappa shape index (κ3) is 28.6. The zero-order valence-corrected chi connectivity index (χ0v) is 61.8. The van der Waals surface area contributed by atoms with Crippen LogP contribution >= 0.6 is 0 Å². The number of aryl methyl sites for hydroxylation is 1. The summed E-state index contributed by atoms with van der Waals surface area (Å²) in [5.74, 6) is -0.648. The van der Waals surface area contributed by atoms with Crippen molar-refractivity contribution in [1.29, 1.82) is 0 Å². The number of rotatable bonds is 20. The van der Waals surface area contributed by atoms with Gasteiger partial charge in [0.05, 0.1) is 23.5 Å². The van der Waals surface area contributed by atoms with Crippen molar-refractivity contribution in [2.45, 2.75) is 178 Å². The van der Waals surface area contributed by atoms with Gasteiger partial charge in [-0.05, 0) is 170 Å². The second-order valence-corrected chi connectivity index (χ2v) is 27.3. The van der Waals surface area contributed by atoms with E-state index >= 15 is 0 Å². The largest absolute Gasteiger partial charge is 0.481 e. The molecule has 1 saturated heterocycles. The highest BCUT2D eigenvalue weighted by Gasteiger charge is 2.44. The minimum absolute atomic E-state index is 0. The van der Waals surface area contributed by atoms with Crippen molar-refractivity contribution in [3.05, 3.63) is 118 Å². The minimum Gasteiger partial charge on any atom is -0.481 e. The van der Waals surface area contributed by atoms with Gasteiger partial charge in [-0.15, -0.1) is 63.1 Å². The molecule has 0 aliphatic carbocycles. The topological polar surface area (TPSA) is 446 Å². The summed E-state index contributed by atoms with van der Waals surface area (Å²) in [6.07, 6.45) is 8.03. The number of carboxylic acid groups (broad SMARTS) is 1. The fourth-order valence-corrected chi connectivity index (χ4v) is 11.9. The summed E-state index contributed by atoms with van der Waals surface area (Å²) >= 11 is 0.